The molecule has 0 fully saturated rings. The summed E-state index contributed by atoms with van der Waals surface area (Å²) in [6.45, 7) is 14.2. The highest BCUT2D eigenvalue weighted by molar-refractivity contribution is 5.99. The van der Waals surface area contributed by atoms with Crippen LogP contribution in [0, 0.1) is 0 Å². The van der Waals surface area contributed by atoms with Gasteiger partial charge in [0.2, 0.25) is 5.91 Å². The minimum Gasteiger partial charge on any atom is -0.494 e. The normalized spacial score (nSPS) is 11.5. The van der Waals surface area contributed by atoms with E-state index in [0.29, 0.717) is 6.42 Å². The van der Waals surface area contributed by atoms with E-state index in [1.165, 1.54) is 43.2 Å². The van der Waals surface area contributed by atoms with E-state index in [4.69, 9.17) is 10.5 Å². The van der Waals surface area contributed by atoms with Crippen molar-refractivity contribution in [2.75, 3.05) is 18.5 Å². The summed E-state index contributed by atoms with van der Waals surface area (Å²) in [5.41, 5.74) is 9.70. The summed E-state index contributed by atoms with van der Waals surface area (Å²) in [5.74, 6) is 0.951. The van der Waals surface area contributed by atoms with Gasteiger partial charge in [-0.05, 0) is 67.6 Å². The van der Waals surface area contributed by atoms with Crippen LogP contribution in [0.4, 0.5) is 5.69 Å². The Morgan fingerprint density at radius 1 is 0.944 bits per heavy atom. The van der Waals surface area contributed by atoms with E-state index < -0.39 is 0 Å². The first-order valence-electron chi connectivity index (χ1n) is 14.0. The van der Waals surface area contributed by atoms with Crippen molar-refractivity contribution in [3.63, 3.8) is 0 Å². The van der Waals surface area contributed by atoms with Gasteiger partial charge in [0.1, 0.15) is 5.75 Å². The Kier molecular flexibility index (Phi) is 21.2. The van der Waals surface area contributed by atoms with Crippen LogP contribution in [0.1, 0.15) is 104 Å². The Hall–Kier alpha value is -2.59. The number of fused-ring (bicyclic) bond motifs is 1. The molecular weight excluding hydrogens is 444 g/mol. The summed E-state index contributed by atoms with van der Waals surface area (Å²) in [7, 11) is 0. The number of amides is 1. The van der Waals surface area contributed by atoms with E-state index in [9.17, 15) is 4.79 Å². The van der Waals surface area contributed by atoms with Gasteiger partial charge in [0, 0.05) is 5.69 Å². The Morgan fingerprint density at radius 3 is 2.19 bits per heavy atom. The molecule has 2 aromatic carbocycles. The molecule has 0 bridgehead atoms. The summed E-state index contributed by atoms with van der Waals surface area (Å²) >= 11 is 0. The summed E-state index contributed by atoms with van der Waals surface area (Å²) in [5, 5.41) is 2.83. The van der Waals surface area contributed by atoms with Crippen LogP contribution in [0.5, 0.6) is 5.75 Å². The van der Waals surface area contributed by atoms with Crippen LogP contribution in [0.15, 0.2) is 54.6 Å². The molecule has 0 aromatic heterocycles. The van der Waals surface area contributed by atoms with Crippen molar-refractivity contribution in [3.8, 4) is 5.75 Å². The zero-order chi connectivity index (χ0) is 27.0. The highest BCUT2D eigenvalue weighted by Crippen LogP contribution is 2.27. The predicted molar refractivity (Wildman–Crippen MR) is 159 cm³/mol. The second-order valence-corrected chi connectivity index (χ2v) is 8.61. The summed E-state index contributed by atoms with van der Waals surface area (Å²) < 4.78 is 5.73. The first kappa shape index (κ1) is 33.4. The predicted octanol–water partition coefficient (Wildman–Crippen LogP) is 8.80. The van der Waals surface area contributed by atoms with E-state index in [-0.39, 0.29) is 5.91 Å². The minimum absolute atomic E-state index is 0.0723. The highest BCUT2D eigenvalue weighted by Gasteiger charge is 2.17. The summed E-state index contributed by atoms with van der Waals surface area (Å²) in [4.78, 5) is 11.2. The van der Waals surface area contributed by atoms with Crippen molar-refractivity contribution >= 4 is 17.2 Å². The maximum absolute atomic E-state index is 11.2. The van der Waals surface area contributed by atoms with Gasteiger partial charge < -0.3 is 15.8 Å². The third-order valence-corrected chi connectivity index (χ3v) is 5.50. The molecule has 0 atom stereocenters. The first-order valence-corrected chi connectivity index (χ1v) is 14.0. The SMILES string of the molecule is CC.CC/C=C(\C)c1ccccc1.CCCCCCCCOc1ccc2c(c1)CC(=O)N2.CCCN. The maximum atomic E-state index is 11.2. The number of unbranched alkanes of at least 4 members (excludes halogenated alkanes) is 5. The number of hydrogen-bond donors (Lipinski definition) is 2. The van der Waals surface area contributed by atoms with Gasteiger partial charge in [-0.25, -0.2) is 0 Å². The zero-order valence-electron chi connectivity index (χ0n) is 23.9. The number of anilines is 1. The van der Waals surface area contributed by atoms with E-state index in [0.717, 1.165) is 49.4 Å². The lowest BCUT2D eigenvalue weighted by Crippen LogP contribution is -2.03. The van der Waals surface area contributed by atoms with Crippen molar-refractivity contribution in [2.24, 2.45) is 5.73 Å². The van der Waals surface area contributed by atoms with Gasteiger partial charge in [-0.15, -0.1) is 0 Å². The standard InChI is InChI=1S/C16H23NO2.C11H14.C3H9N.C2H6/c1-2-3-4-5-6-7-10-19-14-8-9-15-13(11-14)12-16(18)17-15;1-3-7-10(2)11-8-5-4-6-9-11;1-2-3-4;1-2/h8-9,11H,2-7,10,12H2,1H3,(H,17,18);4-9H,3H2,1-2H3;2-4H2,1H3;1-2H3/b;10-7+;;. The number of allylic oxidation sites excluding steroid dienone is 2. The Morgan fingerprint density at radius 2 is 1.58 bits per heavy atom. The average molecular weight is 497 g/mol. The van der Waals surface area contributed by atoms with E-state index in [1.807, 2.05) is 38.1 Å². The van der Waals surface area contributed by atoms with Crippen LogP contribution in [0.3, 0.4) is 0 Å². The molecule has 4 nitrogen and oxygen atoms in total. The quantitative estimate of drug-likeness (QED) is 0.305. The van der Waals surface area contributed by atoms with Crippen molar-refractivity contribution in [2.45, 2.75) is 99.3 Å². The van der Waals surface area contributed by atoms with Gasteiger partial charge in [0.05, 0.1) is 13.0 Å². The molecule has 1 aliphatic rings. The molecule has 1 heterocycles. The lowest BCUT2D eigenvalue weighted by Gasteiger charge is -2.07. The van der Waals surface area contributed by atoms with Crippen LogP contribution >= 0.6 is 0 Å². The number of carbonyl (C=O) groups is 1. The number of hydrogen-bond acceptors (Lipinski definition) is 3. The molecule has 0 spiro atoms. The molecule has 1 aliphatic heterocycles. The van der Waals surface area contributed by atoms with Crippen LogP contribution in [-0.2, 0) is 11.2 Å². The minimum atomic E-state index is 0.0723. The average Bonchev–Trinajstić information content (AvgIpc) is 3.30. The molecule has 2 aromatic rings. The van der Waals surface area contributed by atoms with Gasteiger partial charge in [0.25, 0.3) is 0 Å². The van der Waals surface area contributed by atoms with Gasteiger partial charge in [-0.1, -0.05) is 103 Å². The van der Waals surface area contributed by atoms with E-state index >= 15 is 0 Å². The molecule has 0 saturated heterocycles. The molecule has 3 N–H and O–H groups in total. The molecule has 202 valence electrons. The fraction of sp³-hybridized carbons (Fsp3) is 0.531. The Labute approximate surface area is 221 Å². The lowest BCUT2D eigenvalue weighted by molar-refractivity contribution is -0.115. The maximum Gasteiger partial charge on any atom is 0.228 e. The summed E-state index contributed by atoms with van der Waals surface area (Å²) in [6, 6.07) is 16.3. The zero-order valence-corrected chi connectivity index (χ0v) is 23.9. The molecular formula is C32H52N2O2. The molecule has 0 unspecified atom stereocenters. The fourth-order valence-electron chi connectivity index (χ4n) is 3.49. The van der Waals surface area contributed by atoms with Crippen molar-refractivity contribution < 1.29 is 9.53 Å². The highest BCUT2D eigenvalue weighted by atomic mass is 16.5. The number of rotatable bonds is 11. The van der Waals surface area contributed by atoms with Crippen molar-refractivity contribution in [1.82, 2.24) is 0 Å². The molecule has 0 aliphatic carbocycles. The van der Waals surface area contributed by atoms with Gasteiger partial charge in [0.15, 0.2) is 0 Å². The largest absolute Gasteiger partial charge is 0.494 e. The molecule has 4 heteroatoms. The number of carbonyl (C=O) groups excluding carboxylic acids is 1. The van der Waals surface area contributed by atoms with E-state index in [2.05, 4.69) is 63.4 Å². The molecule has 36 heavy (non-hydrogen) atoms. The second kappa shape index (κ2) is 22.8. The first-order chi connectivity index (χ1) is 17.5. The van der Waals surface area contributed by atoms with Crippen LogP contribution in [0.25, 0.3) is 5.57 Å². The summed E-state index contributed by atoms with van der Waals surface area (Å²) in [6.07, 6.45) is 12.6. The third-order valence-electron chi connectivity index (χ3n) is 5.50. The number of nitrogens with two attached hydrogens (primary N) is 1. The number of benzene rings is 2. The lowest BCUT2D eigenvalue weighted by atomic mass is 10.1. The van der Waals surface area contributed by atoms with Crippen molar-refractivity contribution in [3.05, 3.63) is 65.7 Å². The number of nitrogens with one attached hydrogen (secondary N) is 1. The fourth-order valence-corrected chi connectivity index (χ4v) is 3.49. The van der Waals surface area contributed by atoms with Gasteiger partial charge >= 0.3 is 0 Å². The van der Waals surface area contributed by atoms with Crippen molar-refractivity contribution in [1.29, 1.82) is 0 Å². The van der Waals surface area contributed by atoms with Crippen LogP contribution in [0.2, 0.25) is 0 Å². The topological polar surface area (TPSA) is 64.3 Å². The smallest absolute Gasteiger partial charge is 0.228 e. The second-order valence-electron chi connectivity index (χ2n) is 8.61. The molecule has 0 saturated carbocycles. The monoisotopic (exact) mass is 496 g/mol. The van der Waals surface area contributed by atoms with Gasteiger partial charge in [-0.2, -0.15) is 0 Å². The third kappa shape index (κ3) is 15.4. The molecule has 0 radical (unpaired) electrons. The van der Waals surface area contributed by atoms with Crippen LogP contribution < -0.4 is 15.8 Å². The molecule has 3 rings (SSSR count). The van der Waals surface area contributed by atoms with E-state index in [1.54, 1.807) is 0 Å². The Bertz CT molecular complexity index is 829. The number of ether oxygens (including phenoxy) is 1. The molecule has 1 amide bonds. The Balaban J connectivity index is 0.000000609. The van der Waals surface area contributed by atoms with Gasteiger partial charge in [-0.3, -0.25) is 4.79 Å². The van der Waals surface area contributed by atoms with Crippen LogP contribution in [-0.4, -0.2) is 19.1 Å².